The molecule has 1 atom stereocenters. The summed E-state index contributed by atoms with van der Waals surface area (Å²) in [6.07, 6.45) is 6.84. The van der Waals surface area contributed by atoms with Crippen molar-refractivity contribution < 1.29 is 19.0 Å². The number of aromatic nitrogens is 2. The summed E-state index contributed by atoms with van der Waals surface area (Å²) in [7, 11) is 3.16. The Balaban J connectivity index is 1.57. The van der Waals surface area contributed by atoms with E-state index < -0.39 is 0 Å². The molecule has 0 spiro atoms. The second kappa shape index (κ2) is 8.73. The molecule has 0 bridgehead atoms. The zero-order valence-electron chi connectivity index (χ0n) is 15.1. The van der Waals surface area contributed by atoms with Crippen LogP contribution in [0, 0.1) is 0 Å². The van der Waals surface area contributed by atoms with Crippen LogP contribution in [0.4, 0.5) is 0 Å². The first-order valence-corrected chi connectivity index (χ1v) is 8.80. The molecule has 7 nitrogen and oxygen atoms in total. The average Bonchev–Trinajstić information content (AvgIpc) is 3.16. The molecule has 8 heteroatoms. The highest BCUT2D eigenvalue weighted by Gasteiger charge is 2.27. The molecule has 1 aliphatic heterocycles. The average molecular weight is 390 g/mol. The molecule has 142 valence electrons. The van der Waals surface area contributed by atoms with Crippen LogP contribution in [-0.4, -0.2) is 54.2 Å². The Kier molecular flexibility index (Phi) is 6.13. The van der Waals surface area contributed by atoms with E-state index in [2.05, 4.69) is 9.97 Å². The molecule has 2 heterocycles. The number of hydrogen-bond acceptors (Lipinski definition) is 6. The molecular formula is C19H20ClN3O4. The Bertz CT molecular complexity index is 826. The molecule has 27 heavy (non-hydrogen) atoms. The maximum Gasteiger partial charge on any atom is 0.316 e. The molecular weight excluding hydrogens is 370 g/mol. The van der Waals surface area contributed by atoms with E-state index in [4.69, 9.17) is 25.8 Å². The van der Waals surface area contributed by atoms with Crippen LogP contribution in [0.3, 0.4) is 0 Å². The minimum Gasteiger partial charge on any atom is -0.493 e. The number of benzene rings is 1. The Labute approximate surface area is 162 Å². The number of carbonyl (C=O) groups is 1. The molecule has 1 aliphatic rings. The highest BCUT2D eigenvalue weighted by atomic mass is 35.5. The SMILES string of the molecule is COc1ccc(/C=C/C(=O)N2CCC(Oc3ncc(Cl)cn3)C2)cc1OC. The Hall–Kier alpha value is -2.80. The Morgan fingerprint density at radius 3 is 2.67 bits per heavy atom. The van der Waals surface area contributed by atoms with E-state index in [-0.39, 0.29) is 18.0 Å². The second-order valence-corrected chi connectivity index (χ2v) is 6.38. The van der Waals surface area contributed by atoms with Crippen LogP contribution < -0.4 is 14.2 Å². The summed E-state index contributed by atoms with van der Waals surface area (Å²) in [5, 5.41) is 0.450. The minimum atomic E-state index is -0.135. The lowest BCUT2D eigenvalue weighted by atomic mass is 10.2. The lowest BCUT2D eigenvalue weighted by Crippen LogP contribution is -2.29. The fourth-order valence-electron chi connectivity index (χ4n) is 2.76. The summed E-state index contributed by atoms with van der Waals surface area (Å²) < 4.78 is 16.2. The number of carbonyl (C=O) groups excluding carboxylic acids is 1. The fraction of sp³-hybridized carbons (Fsp3) is 0.316. The summed E-state index contributed by atoms with van der Waals surface area (Å²) >= 11 is 5.76. The van der Waals surface area contributed by atoms with Gasteiger partial charge in [-0.1, -0.05) is 17.7 Å². The molecule has 2 aromatic rings. The van der Waals surface area contributed by atoms with E-state index in [1.54, 1.807) is 37.3 Å². The first-order valence-electron chi connectivity index (χ1n) is 8.42. The van der Waals surface area contributed by atoms with Crippen LogP contribution >= 0.6 is 11.6 Å². The largest absolute Gasteiger partial charge is 0.493 e. The summed E-state index contributed by atoms with van der Waals surface area (Å²) in [6.45, 7) is 1.11. The van der Waals surface area contributed by atoms with Crippen molar-refractivity contribution in [3.8, 4) is 17.5 Å². The third-order valence-corrected chi connectivity index (χ3v) is 4.35. The van der Waals surface area contributed by atoms with Gasteiger partial charge in [-0.2, -0.15) is 0 Å². The van der Waals surface area contributed by atoms with Crippen molar-refractivity contribution in [2.75, 3.05) is 27.3 Å². The van der Waals surface area contributed by atoms with Crippen molar-refractivity contribution in [3.63, 3.8) is 0 Å². The maximum atomic E-state index is 12.4. The third kappa shape index (κ3) is 4.89. The van der Waals surface area contributed by atoms with Crippen molar-refractivity contribution in [1.29, 1.82) is 0 Å². The highest BCUT2D eigenvalue weighted by Crippen LogP contribution is 2.28. The van der Waals surface area contributed by atoms with Gasteiger partial charge in [-0.3, -0.25) is 4.79 Å². The number of rotatable bonds is 6. The molecule has 0 radical (unpaired) electrons. The first-order chi connectivity index (χ1) is 13.1. The van der Waals surface area contributed by atoms with Gasteiger partial charge in [-0.15, -0.1) is 0 Å². The van der Waals surface area contributed by atoms with E-state index in [9.17, 15) is 4.79 Å². The van der Waals surface area contributed by atoms with Crippen molar-refractivity contribution in [2.24, 2.45) is 0 Å². The number of ether oxygens (including phenoxy) is 3. The molecule has 3 rings (SSSR count). The lowest BCUT2D eigenvalue weighted by molar-refractivity contribution is -0.125. The number of likely N-dealkylation sites (tertiary alicyclic amines) is 1. The lowest BCUT2D eigenvalue weighted by Gasteiger charge is -2.14. The zero-order valence-corrected chi connectivity index (χ0v) is 15.8. The van der Waals surface area contributed by atoms with Gasteiger partial charge in [-0.25, -0.2) is 9.97 Å². The normalized spacial score (nSPS) is 16.6. The molecule has 0 N–H and O–H groups in total. The smallest absolute Gasteiger partial charge is 0.316 e. The molecule has 0 aliphatic carbocycles. The Morgan fingerprint density at radius 1 is 1.22 bits per heavy atom. The monoisotopic (exact) mass is 389 g/mol. The summed E-state index contributed by atoms with van der Waals surface area (Å²) in [5.74, 6) is 1.18. The number of amides is 1. The Morgan fingerprint density at radius 2 is 1.96 bits per heavy atom. The van der Waals surface area contributed by atoms with Gasteiger partial charge in [0, 0.05) is 19.0 Å². The van der Waals surface area contributed by atoms with Gasteiger partial charge in [-0.05, 0) is 23.8 Å². The molecule has 1 aromatic carbocycles. The van der Waals surface area contributed by atoms with Gasteiger partial charge < -0.3 is 19.1 Å². The summed E-state index contributed by atoms with van der Waals surface area (Å²) in [5.41, 5.74) is 0.850. The van der Waals surface area contributed by atoms with Gasteiger partial charge in [0.1, 0.15) is 6.10 Å². The number of nitrogens with zero attached hydrogens (tertiary/aromatic N) is 3. The molecule has 1 saturated heterocycles. The molecule has 1 unspecified atom stereocenters. The van der Waals surface area contributed by atoms with Crippen LogP contribution in [0.5, 0.6) is 17.5 Å². The highest BCUT2D eigenvalue weighted by molar-refractivity contribution is 6.30. The fourth-order valence-corrected chi connectivity index (χ4v) is 2.86. The van der Waals surface area contributed by atoms with Crippen LogP contribution in [0.2, 0.25) is 5.02 Å². The van der Waals surface area contributed by atoms with Crippen LogP contribution in [0.25, 0.3) is 6.08 Å². The number of halogens is 1. The van der Waals surface area contributed by atoms with Crippen molar-refractivity contribution >= 4 is 23.6 Å². The quantitative estimate of drug-likeness (QED) is 0.707. The van der Waals surface area contributed by atoms with Gasteiger partial charge in [0.25, 0.3) is 0 Å². The van der Waals surface area contributed by atoms with Gasteiger partial charge in [0.05, 0.1) is 38.2 Å². The maximum absolute atomic E-state index is 12.4. The van der Waals surface area contributed by atoms with Crippen molar-refractivity contribution in [2.45, 2.75) is 12.5 Å². The van der Waals surface area contributed by atoms with E-state index >= 15 is 0 Å². The summed E-state index contributed by atoms with van der Waals surface area (Å²) in [4.78, 5) is 22.2. The van der Waals surface area contributed by atoms with Crippen LogP contribution in [0.15, 0.2) is 36.7 Å². The van der Waals surface area contributed by atoms with Gasteiger partial charge >= 0.3 is 6.01 Å². The second-order valence-electron chi connectivity index (χ2n) is 5.94. The number of hydrogen-bond donors (Lipinski definition) is 0. The molecule has 1 fully saturated rings. The van der Waals surface area contributed by atoms with Crippen molar-refractivity contribution in [1.82, 2.24) is 14.9 Å². The number of methoxy groups -OCH3 is 2. The molecule has 1 aromatic heterocycles. The molecule has 1 amide bonds. The predicted molar refractivity (Wildman–Crippen MR) is 101 cm³/mol. The zero-order chi connectivity index (χ0) is 19.2. The first kappa shape index (κ1) is 19.0. The molecule has 0 saturated carbocycles. The van der Waals surface area contributed by atoms with E-state index in [0.717, 1.165) is 12.0 Å². The van der Waals surface area contributed by atoms with Gasteiger partial charge in [0.2, 0.25) is 5.91 Å². The van der Waals surface area contributed by atoms with E-state index in [1.807, 2.05) is 12.1 Å². The van der Waals surface area contributed by atoms with E-state index in [1.165, 1.54) is 12.4 Å². The predicted octanol–water partition coefficient (Wildman–Crippen LogP) is 2.84. The van der Waals surface area contributed by atoms with Crippen LogP contribution in [-0.2, 0) is 4.79 Å². The standard InChI is InChI=1S/C19H20ClN3O4/c1-25-16-5-3-13(9-17(16)26-2)4-6-18(24)23-8-7-15(12-23)27-19-21-10-14(20)11-22-19/h3-6,9-11,15H,7-8,12H2,1-2H3/b6-4+. The van der Waals surface area contributed by atoms with Crippen LogP contribution in [0.1, 0.15) is 12.0 Å². The third-order valence-electron chi connectivity index (χ3n) is 4.15. The minimum absolute atomic E-state index is 0.0760. The van der Waals surface area contributed by atoms with E-state index in [0.29, 0.717) is 29.6 Å². The summed E-state index contributed by atoms with van der Waals surface area (Å²) in [6, 6.07) is 5.74. The van der Waals surface area contributed by atoms with Crippen molar-refractivity contribution in [3.05, 3.63) is 47.3 Å². The van der Waals surface area contributed by atoms with Gasteiger partial charge in [0.15, 0.2) is 11.5 Å². The topological polar surface area (TPSA) is 73.8 Å².